The first-order valence-electron chi connectivity index (χ1n) is 7.95. The molecule has 0 aliphatic heterocycles. The summed E-state index contributed by atoms with van der Waals surface area (Å²) in [6.07, 6.45) is 7.02. The summed E-state index contributed by atoms with van der Waals surface area (Å²) >= 11 is 1.28. The number of hydrogen-bond donors (Lipinski definition) is 1. The molecule has 2 rings (SSSR count). The molecule has 1 atom stereocenters. The van der Waals surface area contributed by atoms with Gasteiger partial charge in [-0.2, -0.15) is 0 Å². The fraction of sp³-hybridized carbons (Fsp3) is 0.389. The highest BCUT2D eigenvalue weighted by molar-refractivity contribution is 8.00. The fourth-order valence-electron chi connectivity index (χ4n) is 2.24. The van der Waals surface area contributed by atoms with Crippen molar-refractivity contribution in [1.29, 1.82) is 0 Å². The minimum Gasteiger partial charge on any atom is -0.344 e. The van der Waals surface area contributed by atoms with E-state index in [-0.39, 0.29) is 23.3 Å². The van der Waals surface area contributed by atoms with Crippen molar-refractivity contribution < 1.29 is 4.79 Å². The Labute approximate surface area is 145 Å². The second-order valence-corrected chi connectivity index (χ2v) is 6.71. The number of aromatic nitrogens is 2. The van der Waals surface area contributed by atoms with Gasteiger partial charge >= 0.3 is 0 Å². The number of nitrogens with zero attached hydrogens (tertiary/aromatic N) is 2. The molecule has 6 heteroatoms. The topological polar surface area (TPSA) is 64.0 Å². The number of carbonyl (C=O) groups is 1. The Hall–Kier alpha value is -2.26. The molecule has 1 amide bonds. The number of nitrogens with one attached hydrogen (secondary N) is 1. The average Bonchev–Trinajstić information content (AvgIpc) is 2.59. The van der Waals surface area contributed by atoms with Crippen LogP contribution in [0.1, 0.15) is 26.7 Å². The van der Waals surface area contributed by atoms with Crippen LogP contribution in [-0.2, 0) is 11.3 Å². The van der Waals surface area contributed by atoms with E-state index in [4.69, 9.17) is 6.42 Å². The molecule has 1 aromatic carbocycles. The Morgan fingerprint density at radius 2 is 2.21 bits per heavy atom. The maximum atomic E-state index is 12.8. The highest BCUT2D eigenvalue weighted by atomic mass is 32.2. The Morgan fingerprint density at radius 1 is 1.46 bits per heavy atom. The van der Waals surface area contributed by atoms with Gasteiger partial charge in [-0.25, -0.2) is 4.98 Å². The van der Waals surface area contributed by atoms with Gasteiger partial charge < -0.3 is 5.32 Å². The zero-order valence-electron chi connectivity index (χ0n) is 13.9. The minimum absolute atomic E-state index is 0.0622. The number of amides is 1. The summed E-state index contributed by atoms with van der Waals surface area (Å²) in [4.78, 5) is 29.4. The molecule has 0 saturated carbocycles. The summed E-state index contributed by atoms with van der Waals surface area (Å²) in [6.45, 7) is 4.63. The van der Waals surface area contributed by atoms with Crippen LogP contribution in [0, 0.1) is 12.3 Å². The molecular formula is C18H21N3O2S. The first kappa shape index (κ1) is 18.1. The Kier molecular flexibility index (Phi) is 6.44. The second-order valence-electron chi connectivity index (χ2n) is 5.40. The van der Waals surface area contributed by atoms with Gasteiger partial charge in [0.2, 0.25) is 5.91 Å². The summed E-state index contributed by atoms with van der Waals surface area (Å²) in [5.41, 5.74) is 0.585. The van der Waals surface area contributed by atoms with Crippen molar-refractivity contribution in [1.82, 2.24) is 14.9 Å². The van der Waals surface area contributed by atoms with Crippen molar-refractivity contribution in [3.8, 4) is 12.3 Å². The molecule has 0 aliphatic carbocycles. The van der Waals surface area contributed by atoms with E-state index in [0.29, 0.717) is 22.6 Å². The van der Waals surface area contributed by atoms with E-state index in [9.17, 15) is 9.59 Å². The van der Waals surface area contributed by atoms with Gasteiger partial charge in [0.05, 0.1) is 22.7 Å². The molecule has 0 spiro atoms. The third kappa shape index (κ3) is 4.18. The summed E-state index contributed by atoms with van der Waals surface area (Å²) in [5, 5.41) is 3.43. The van der Waals surface area contributed by atoms with Crippen molar-refractivity contribution in [2.24, 2.45) is 0 Å². The van der Waals surface area contributed by atoms with E-state index in [0.717, 1.165) is 12.8 Å². The standard InChI is InChI=1S/C18H21N3O2S/c1-4-6-12-21-17(23)14-9-7-8-10-15(14)20-18(21)24-13(3)16(22)19-11-5-2/h2,7-10,13H,4,6,11-12H2,1,3H3,(H,19,22). The van der Waals surface area contributed by atoms with E-state index in [1.807, 2.05) is 18.2 Å². The Morgan fingerprint density at radius 3 is 2.92 bits per heavy atom. The third-order valence-corrected chi connectivity index (χ3v) is 4.67. The molecule has 126 valence electrons. The quantitative estimate of drug-likeness (QED) is 0.476. The summed E-state index contributed by atoms with van der Waals surface area (Å²) in [7, 11) is 0. The van der Waals surface area contributed by atoms with Crippen LogP contribution in [0.4, 0.5) is 0 Å². The molecule has 0 radical (unpaired) electrons. The number of terminal acetylenes is 1. The molecule has 5 nitrogen and oxygen atoms in total. The lowest BCUT2D eigenvalue weighted by Gasteiger charge is -2.15. The number of fused-ring (bicyclic) bond motifs is 1. The maximum Gasteiger partial charge on any atom is 0.262 e. The maximum absolute atomic E-state index is 12.8. The van der Waals surface area contributed by atoms with Crippen molar-refractivity contribution >= 4 is 28.6 Å². The van der Waals surface area contributed by atoms with Crippen LogP contribution in [0.25, 0.3) is 10.9 Å². The van der Waals surface area contributed by atoms with Gasteiger partial charge in [0.25, 0.3) is 5.56 Å². The lowest BCUT2D eigenvalue weighted by Crippen LogP contribution is -2.32. The van der Waals surface area contributed by atoms with Gasteiger partial charge in [-0.3, -0.25) is 14.2 Å². The van der Waals surface area contributed by atoms with Crippen molar-refractivity contribution in [2.45, 2.75) is 43.6 Å². The van der Waals surface area contributed by atoms with Crippen molar-refractivity contribution in [2.75, 3.05) is 6.54 Å². The highest BCUT2D eigenvalue weighted by Gasteiger charge is 2.18. The van der Waals surface area contributed by atoms with Crippen molar-refractivity contribution in [3.63, 3.8) is 0 Å². The van der Waals surface area contributed by atoms with Crippen LogP contribution in [0.15, 0.2) is 34.2 Å². The number of unbranched alkanes of at least 4 members (excludes halogenated alkanes) is 1. The van der Waals surface area contributed by atoms with Crippen LogP contribution in [0.3, 0.4) is 0 Å². The molecule has 1 aromatic heterocycles. The summed E-state index contributed by atoms with van der Waals surface area (Å²) < 4.78 is 1.67. The first-order chi connectivity index (χ1) is 11.6. The second kappa shape index (κ2) is 8.55. The lowest BCUT2D eigenvalue weighted by atomic mass is 10.2. The molecule has 1 heterocycles. The molecule has 0 saturated heterocycles. The zero-order chi connectivity index (χ0) is 17.5. The van der Waals surface area contributed by atoms with Crippen LogP contribution in [0.5, 0.6) is 0 Å². The molecule has 1 N–H and O–H groups in total. The van der Waals surface area contributed by atoms with E-state index < -0.39 is 0 Å². The van der Waals surface area contributed by atoms with Gasteiger partial charge in [-0.15, -0.1) is 6.42 Å². The molecule has 24 heavy (non-hydrogen) atoms. The highest BCUT2D eigenvalue weighted by Crippen LogP contribution is 2.23. The van der Waals surface area contributed by atoms with E-state index >= 15 is 0 Å². The summed E-state index contributed by atoms with van der Waals surface area (Å²) in [6, 6.07) is 7.28. The number of carbonyl (C=O) groups excluding carboxylic acids is 1. The predicted octanol–water partition coefficient (Wildman–Crippen LogP) is 2.43. The number of benzene rings is 1. The van der Waals surface area contributed by atoms with Crippen LogP contribution >= 0.6 is 11.8 Å². The number of hydrogen-bond acceptors (Lipinski definition) is 4. The minimum atomic E-state index is -0.390. The fourth-order valence-corrected chi connectivity index (χ4v) is 3.20. The van der Waals surface area contributed by atoms with Gasteiger partial charge in [-0.05, 0) is 25.5 Å². The number of rotatable bonds is 7. The van der Waals surface area contributed by atoms with Crippen LogP contribution < -0.4 is 10.9 Å². The molecule has 0 fully saturated rings. The van der Waals surface area contributed by atoms with Crippen LogP contribution in [-0.4, -0.2) is 27.3 Å². The van der Waals surface area contributed by atoms with Crippen molar-refractivity contribution in [3.05, 3.63) is 34.6 Å². The predicted molar refractivity (Wildman–Crippen MR) is 98.1 cm³/mol. The largest absolute Gasteiger partial charge is 0.344 e. The number of thioether (sulfide) groups is 1. The van der Waals surface area contributed by atoms with E-state index in [1.54, 1.807) is 17.6 Å². The van der Waals surface area contributed by atoms with Gasteiger partial charge in [0, 0.05) is 6.54 Å². The SMILES string of the molecule is C#CCNC(=O)C(C)Sc1nc2ccccc2c(=O)n1CCCC. The third-order valence-electron chi connectivity index (χ3n) is 3.58. The lowest BCUT2D eigenvalue weighted by molar-refractivity contribution is -0.120. The average molecular weight is 343 g/mol. The van der Waals surface area contributed by atoms with Crippen LogP contribution in [0.2, 0.25) is 0 Å². The van der Waals surface area contributed by atoms with Gasteiger partial charge in [0.1, 0.15) is 0 Å². The summed E-state index contributed by atoms with van der Waals surface area (Å²) in [5.74, 6) is 2.21. The van der Waals surface area contributed by atoms with E-state index in [2.05, 4.69) is 23.1 Å². The normalized spacial score (nSPS) is 11.9. The molecule has 2 aromatic rings. The monoisotopic (exact) mass is 343 g/mol. The Balaban J connectivity index is 2.38. The smallest absolute Gasteiger partial charge is 0.262 e. The van der Waals surface area contributed by atoms with Gasteiger partial charge in [0.15, 0.2) is 5.16 Å². The molecule has 0 aliphatic rings. The molecule has 1 unspecified atom stereocenters. The Bertz CT molecular complexity index is 823. The zero-order valence-corrected chi connectivity index (χ0v) is 14.7. The van der Waals surface area contributed by atoms with Gasteiger partial charge in [-0.1, -0.05) is 43.2 Å². The first-order valence-corrected chi connectivity index (χ1v) is 8.83. The molecule has 0 bridgehead atoms. The number of para-hydroxylation sites is 1. The molecular weight excluding hydrogens is 322 g/mol. The van der Waals surface area contributed by atoms with E-state index in [1.165, 1.54) is 11.8 Å².